The van der Waals surface area contributed by atoms with Crippen LogP contribution < -0.4 is 11.1 Å². The van der Waals surface area contributed by atoms with Gasteiger partial charge in [0.25, 0.3) is 5.91 Å². The lowest BCUT2D eigenvalue weighted by molar-refractivity contribution is -0.128. The van der Waals surface area contributed by atoms with Crippen molar-refractivity contribution < 1.29 is 29.6 Å². The number of ether oxygens (including phenoxy) is 2. The average molecular weight is 343 g/mol. The number of fused-ring (bicyclic) bond motifs is 1. The zero-order valence-electron chi connectivity index (χ0n) is 13.3. The first-order valence-electron chi connectivity index (χ1n) is 7.42. The molecule has 0 aliphatic carbocycles. The number of nitrogens with zero attached hydrogens (tertiary/aromatic N) is 3. The van der Waals surface area contributed by atoms with Gasteiger partial charge in [-0.2, -0.15) is 0 Å². The van der Waals surface area contributed by atoms with E-state index in [0.29, 0.717) is 0 Å². The molecule has 1 saturated heterocycles. The maximum absolute atomic E-state index is 12.5. The molecule has 0 radical (unpaired) electrons. The van der Waals surface area contributed by atoms with E-state index >= 15 is 0 Å². The van der Waals surface area contributed by atoms with Crippen molar-refractivity contribution in [2.45, 2.75) is 42.8 Å². The van der Waals surface area contributed by atoms with Crippen molar-refractivity contribution in [3.05, 3.63) is 0 Å². The van der Waals surface area contributed by atoms with Crippen LogP contribution in [0.25, 0.3) is 0 Å². The number of aliphatic hydroxyl groups is 3. The minimum atomic E-state index is -1.45. The van der Waals surface area contributed by atoms with Crippen LogP contribution >= 0.6 is 0 Å². The maximum Gasteiger partial charge on any atom is 0.261 e. The first kappa shape index (κ1) is 17.2. The van der Waals surface area contributed by atoms with Crippen LogP contribution in [0.4, 0.5) is 0 Å². The molecule has 11 nitrogen and oxygen atoms in total. The molecule has 1 fully saturated rings. The zero-order valence-corrected chi connectivity index (χ0v) is 13.3. The Morgan fingerprint density at radius 1 is 1.50 bits per heavy atom. The van der Waals surface area contributed by atoms with Crippen LogP contribution in [0, 0.1) is 0 Å². The number of nitrogens with one attached hydrogen (secondary N) is 1. The van der Waals surface area contributed by atoms with E-state index in [0.717, 1.165) is 0 Å². The molecule has 0 saturated carbocycles. The Kier molecular flexibility index (Phi) is 4.10. The predicted octanol–water partition coefficient (Wildman–Crippen LogP) is -3.68. The normalized spacial score (nSPS) is 44.5. The molecule has 134 valence electrons. The van der Waals surface area contributed by atoms with Crippen LogP contribution in [0.5, 0.6) is 0 Å². The lowest BCUT2D eigenvalue weighted by Gasteiger charge is -2.39. The van der Waals surface area contributed by atoms with Gasteiger partial charge >= 0.3 is 0 Å². The van der Waals surface area contributed by atoms with Crippen LogP contribution in [-0.2, 0) is 14.3 Å². The topological polar surface area (TPSA) is 162 Å². The van der Waals surface area contributed by atoms with Crippen molar-refractivity contribution in [2.24, 2.45) is 15.7 Å². The molecule has 0 aromatic carbocycles. The summed E-state index contributed by atoms with van der Waals surface area (Å²) in [4.78, 5) is 22.4. The average Bonchev–Trinajstić information content (AvgIpc) is 2.99. The number of methoxy groups -OCH3 is 1. The monoisotopic (exact) mass is 343 g/mol. The van der Waals surface area contributed by atoms with Crippen LogP contribution in [0.2, 0.25) is 0 Å². The van der Waals surface area contributed by atoms with Gasteiger partial charge in [-0.3, -0.25) is 15.4 Å². The van der Waals surface area contributed by atoms with Crippen molar-refractivity contribution >= 4 is 18.1 Å². The fourth-order valence-corrected chi connectivity index (χ4v) is 3.05. The molecular weight excluding hydrogens is 322 g/mol. The number of hydrogen-bond donors (Lipinski definition) is 5. The number of aliphatic imine (C=N–C) groups is 2. The summed E-state index contributed by atoms with van der Waals surface area (Å²) >= 11 is 0. The molecule has 6 atom stereocenters. The summed E-state index contributed by atoms with van der Waals surface area (Å²) in [5, 5.41) is 31.9. The number of rotatable bonds is 4. The van der Waals surface area contributed by atoms with Gasteiger partial charge in [0, 0.05) is 7.11 Å². The zero-order chi connectivity index (χ0) is 17.7. The summed E-state index contributed by atoms with van der Waals surface area (Å²) in [7, 11) is 1.42. The SMILES string of the molecule is COCC12N=CN([C@@H]3O[C@H](CO)[C@@H](O)[C@H]3O)C1=NC(C)(N)NC2=O. The standard InChI is InChI=1S/C13H21N5O6/c1-12(14)16-10-13(4-23-2,11(22)17-12)15-5-18(10)9-8(21)7(20)6(3-19)24-9/h5-9,19-21H,3-4,14H2,1-2H3,(H,17,22)/t6-,7-,8-,9-,12?,13?/m1/s1. The maximum atomic E-state index is 12.5. The van der Waals surface area contributed by atoms with E-state index in [-0.39, 0.29) is 12.4 Å². The Labute approximate surface area is 137 Å². The Balaban J connectivity index is 1.98. The van der Waals surface area contributed by atoms with Crippen LogP contribution in [-0.4, -0.2) is 94.5 Å². The number of nitrogens with two attached hydrogens (primary N) is 1. The van der Waals surface area contributed by atoms with Crippen LogP contribution in [0.15, 0.2) is 9.98 Å². The van der Waals surface area contributed by atoms with E-state index in [1.54, 1.807) is 0 Å². The van der Waals surface area contributed by atoms with Crippen molar-refractivity contribution in [1.29, 1.82) is 0 Å². The number of aliphatic hydroxyl groups excluding tert-OH is 3. The highest BCUT2D eigenvalue weighted by molar-refractivity contribution is 6.20. The molecule has 0 spiro atoms. The second-order valence-corrected chi connectivity index (χ2v) is 6.21. The first-order chi connectivity index (χ1) is 11.3. The van der Waals surface area contributed by atoms with Gasteiger partial charge in [-0.05, 0) is 6.92 Å². The van der Waals surface area contributed by atoms with E-state index in [1.807, 2.05) is 0 Å². The molecule has 0 bridgehead atoms. The summed E-state index contributed by atoms with van der Waals surface area (Å²) in [6, 6.07) is 0. The van der Waals surface area contributed by atoms with Crippen molar-refractivity contribution in [2.75, 3.05) is 20.3 Å². The fraction of sp³-hybridized carbons (Fsp3) is 0.769. The van der Waals surface area contributed by atoms with Gasteiger partial charge in [-0.15, -0.1) is 0 Å². The van der Waals surface area contributed by atoms with Crippen molar-refractivity contribution in [3.8, 4) is 0 Å². The van der Waals surface area contributed by atoms with E-state index in [1.165, 1.54) is 25.3 Å². The lowest BCUT2D eigenvalue weighted by atomic mass is 9.95. The number of carbonyl (C=O) groups is 1. The van der Waals surface area contributed by atoms with Gasteiger partial charge in [0.2, 0.25) is 5.54 Å². The lowest BCUT2D eigenvalue weighted by Crippen LogP contribution is -2.68. The molecular formula is C13H21N5O6. The number of amidine groups is 1. The Morgan fingerprint density at radius 3 is 2.79 bits per heavy atom. The molecule has 3 aliphatic heterocycles. The van der Waals surface area contributed by atoms with Gasteiger partial charge in [-0.1, -0.05) is 0 Å². The Hall–Kier alpha value is -1.63. The third-order valence-electron chi connectivity index (χ3n) is 4.24. The van der Waals surface area contributed by atoms with Crippen molar-refractivity contribution in [1.82, 2.24) is 10.2 Å². The highest BCUT2D eigenvalue weighted by Crippen LogP contribution is 2.33. The summed E-state index contributed by atoms with van der Waals surface area (Å²) in [5.41, 5.74) is 4.47. The summed E-state index contributed by atoms with van der Waals surface area (Å²) in [6.07, 6.45) is -3.35. The number of carbonyl (C=O) groups excluding carboxylic acids is 1. The predicted molar refractivity (Wildman–Crippen MR) is 80.9 cm³/mol. The molecule has 0 aromatic rings. The van der Waals surface area contributed by atoms with Crippen LogP contribution in [0.1, 0.15) is 6.92 Å². The van der Waals surface area contributed by atoms with Gasteiger partial charge < -0.3 is 30.1 Å². The molecule has 24 heavy (non-hydrogen) atoms. The second-order valence-electron chi connectivity index (χ2n) is 6.21. The number of hydrogen-bond acceptors (Lipinski definition) is 10. The van der Waals surface area contributed by atoms with Gasteiger partial charge in [0.15, 0.2) is 17.9 Å². The van der Waals surface area contributed by atoms with E-state index in [9.17, 15) is 20.1 Å². The highest BCUT2D eigenvalue weighted by atomic mass is 16.6. The molecule has 6 N–H and O–H groups in total. The van der Waals surface area contributed by atoms with E-state index < -0.39 is 48.4 Å². The van der Waals surface area contributed by atoms with Crippen LogP contribution in [0.3, 0.4) is 0 Å². The highest BCUT2D eigenvalue weighted by Gasteiger charge is 2.58. The number of amides is 1. The van der Waals surface area contributed by atoms with Gasteiger partial charge in [-0.25, -0.2) is 9.98 Å². The minimum absolute atomic E-state index is 0.0878. The van der Waals surface area contributed by atoms with Crippen molar-refractivity contribution in [3.63, 3.8) is 0 Å². The molecule has 3 aliphatic rings. The molecule has 2 unspecified atom stereocenters. The largest absolute Gasteiger partial charge is 0.394 e. The van der Waals surface area contributed by atoms with Gasteiger partial charge in [0.05, 0.1) is 19.6 Å². The first-order valence-corrected chi connectivity index (χ1v) is 7.42. The van der Waals surface area contributed by atoms with E-state index in [2.05, 4.69) is 15.3 Å². The molecule has 0 aromatic heterocycles. The second kappa shape index (κ2) is 5.72. The molecule has 3 rings (SSSR count). The smallest absolute Gasteiger partial charge is 0.261 e. The third kappa shape index (κ3) is 2.41. The van der Waals surface area contributed by atoms with Gasteiger partial charge in [0.1, 0.15) is 18.3 Å². The summed E-state index contributed by atoms with van der Waals surface area (Å²) in [5.74, 6) is -1.72. The Morgan fingerprint density at radius 2 is 2.21 bits per heavy atom. The molecule has 11 heteroatoms. The molecule has 3 heterocycles. The minimum Gasteiger partial charge on any atom is -0.394 e. The quantitative estimate of drug-likeness (QED) is 0.348. The summed E-state index contributed by atoms with van der Waals surface area (Å²) < 4.78 is 10.6. The van der Waals surface area contributed by atoms with E-state index in [4.69, 9.17) is 15.2 Å². The third-order valence-corrected chi connectivity index (χ3v) is 4.24. The Bertz CT molecular complexity index is 595. The molecule has 1 amide bonds. The summed E-state index contributed by atoms with van der Waals surface area (Å²) in [6.45, 7) is 0.947. The fourth-order valence-electron chi connectivity index (χ4n) is 3.05.